The minimum absolute atomic E-state index is 0.158. The highest BCUT2D eigenvalue weighted by atomic mass is 31.1. The Morgan fingerprint density at radius 1 is 1.00 bits per heavy atom. The van der Waals surface area contributed by atoms with E-state index < -0.39 is 0 Å². The zero-order chi connectivity index (χ0) is 15.1. The van der Waals surface area contributed by atoms with Crippen LogP contribution in [0.1, 0.15) is 18.1 Å². The number of hydrogen-bond donors (Lipinski definition) is 1. The number of rotatable bonds is 7. The van der Waals surface area contributed by atoms with Gasteiger partial charge in [0.1, 0.15) is 18.1 Å². The van der Waals surface area contributed by atoms with Crippen LogP contribution in [0.15, 0.2) is 48.5 Å². The fourth-order valence-corrected chi connectivity index (χ4v) is 2.16. The second kappa shape index (κ2) is 7.77. The molecule has 2 aromatic carbocycles. The molecule has 2 rings (SSSR count). The summed E-state index contributed by atoms with van der Waals surface area (Å²) in [4.78, 5) is 0. The highest BCUT2D eigenvalue weighted by molar-refractivity contribution is 7.17. The van der Waals surface area contributed by atoms with Gasteiger partial charge in [-0.3, -0.25) is 0 Å². The molecule has 0 radical (unpaired) electrons. The minimum Gasteiger partial charge on any atom is -0.489 e. The van der Waals surface area contributed by atoms with Gasteiger partial charge in [-0.05, 0) is 48.7 Å². The second-order valence-electron chi connectivity index (χ2n) is 4.92. The zero-order valence-corrected chi connectivity index (χ0v) is 12.8. The Morgan fingerprint density at radius 3 is 2.14 bits per heavy atom. The van der Waals surface area contributed by atoms with Crippen molar-refractivity contribution in [1.82, 2.24) is 0 Å². The third-order valence-corrected chi connectivity index (χ3v) is 3.24. The summed E-state index contributed by atoms with van der Waals surface area (Å²) < 4.78 is 20.9. The molecular weight excluding hydrogens is 285 g/mol. The maximum Gasteiger partial charge on any atom is 0.395 e. The molecule has 0 fully saturated rings. The molecular formula is C16H18NO3P. The minimum atomic E-state index is -0.349. The molecule has 0 aliphatic rings. The van der Waals surface area contributed by atoms with Crippen LogP contribution in [0.5, 0.6) is 11.5 Å². The molecule has 0 aliphatic heterocycles. The van der Waals surface area contributed by atoms with Crippen molar-refractivity contribution < 1.29 is 13.8 Å². The third-order valence-electron chi connectivity index (χ3n) is 2.95. The summed E-state index contributed by atoms with van der Waals surface area (Å²) in [6, 6.07) is 15.4. The van der Waals surface area contributed by atoms with Crippen molar-refractivity contribution in [3.8, 4) is 11.5 Å². The van der Waals surface area contributed by atoms with Crippen LogP contribution < -0.4 is 15.0 Å². The molecule has 0 spiro atoms. The number of nitrogens with two attached hydrogens (primary N) is 1. The molecule has 0 aliphatic carbocycles. The molecule has 0 heterocycles. The van der Waals surface area contributed by atoms with E-state index in [0.29, 0.717) is 12.4 Å². The molecule has 2 N–H and O–H groups in total. The Bertz CT molecular complexity index is 567. The Morgan fingerprint density at radius 2 is 1.57 bits per heavy atom. The number of benzene rings is 2. The zero-order valence-electron chi connectivity index (χ0n) is 11.9. The van der Waals surface area contributed by atoms with Gasteiger partial charge in [-0.15, -0.1) is 0 Å². The van der Waals surface area contributed by atoms with Crippen LogP contribution >= 0.6 is 8.69 Å². The fourth-order valence-electron chi connectivity index (χ4n) is 1.95. The second-order valence-corrected chi connectivity index (χ2v) is 5.26. The van der Waals surface area contributed by atoms with E-state index in [1.807, 2.05) is 43.3 Å². The van der Waals surface area contributed by atoms with Gasteiger partial charge in [0, 0.05) is 6.04 Å². The lowest BCUT2D eigenvalue weighted by atomic mass is 10.1. The van der Waals surface area contributed by atoms with E-state index in [9.17, 15) is 4.57 Å². The summed E-state index contributed by atoms with van der Waals surface area (Å²) in [6.07, 6.45) is 0.862. The van der Waals surface area contributed by atoms with E-state index in [2.05, 4.69) is 0 Å². The lowest BCUT2D eigenvalue weighted by Crippen LogP contribution is -2.17. The van der Waals surface area contributed by atoms with Crippen LogP contribution in [-0.2, 0) is 17.6 Å². The van der Waals surface area contributed by atoms with E-state index >= 15 is 0 Å². The standard InChI is InChI=1S/C16H18NO3P/c1-12(17)10-13-2-6-15(7-3-13)19-11-14-4-8-16(9-5-14)20-21-18/h2-9,12H,10-11,17H2,1H3. The predicted octanol–water partition coefficient (Wildman–Crippen LogP) is 3.74. The first-order valence-electron chi connectivity index (χ1n) is 6.73. The number of hydrogen-bond acceptors (Lipinski definition) is 4. The molecule has 0 saturated carbocycles. The highest BCUT2D eigenvalue weighted by Gasteiger charge is 2.00. The quantitative estimate of drug-likeness (QED) is 0.791. The molecule has 0 aromatic heterocycles. The lowest BCUT2D eigenvalue weighted by Gasteiger charge is -2.09. The van der Waals surface area contributed by atoms with Crippen molar-refractivity contribution in [3.05, 3.63) is 59.7 Å². The van der Waals surface area contributed by atoms with Gasteiger partial charge in [-0.25, -0.2) is 4.57 Å². The van der Waals surface area contributed by atoms with Gasteiger partial charge in [0.2, 0.25) is 0 Å². The highest BCUT2D eigenvalue weighted by Crippen LogP contribution is 2.18. The van der Waals surface area contributed by atoms with E-state index in [1.54, 1.807) is 12.1 Å². The van der Waals surface area contributed by atoms with Gasteiger partial charge in [0.15, 0.2) is 0 Å². The average molecular weight is 303 g/mol. The SMILES string of the molecule is CC(N)Cc1ccc(OCc2ccc(OP=O)cc2)cc1. The summed E-state index contributed by atoms with van der Waals surface area (Å²) in [5.41, 5.74) is 7.99. The van der Waals surface area contributed by atoms with Crippen molar-refractivity contribution >= 4 is 8.69 Å². The predicted molar refractivity (Wildman–Crippen MR) is 82.8 cm³/mol. The van der Waals surface area contributed by atoms with Crippen molar-refractivity contribution in [3.63, 3.8) is 0 Å². The van der Waals surface area contributed by atoms with Crippen LogP contribution in [0.25, 0.3) is 0 Å². The molecule has 5 heteroatoms. The summed E-state index contributed by atoms with van der Waals surface area (Å²) in [5, 5.41) is 0. The normalized spacial score (nSPS) is 12.1. The van der Waals surface area contributed by atoms with E-state index in [1.165, 1.54) is 5.56 Å². The lowest BCUT2D eigenvalue weighted by molar-refractivity contribution is 0.306. The van der Waals surface area contributed by atoms with Crippen LogP contribution in [-0.4, -0.2) is 6.04 Å². The van der Waals surface area contributed by atoms with Crippen molar-refractivity contribution in [2.24, 2.45) is 5.73 Å². The maximum absolute atomic E-state index is 10.3. The largest absolute Gasteiger partial charge is 0.489 e. The van der Waals surface area contributed by atoms with Gasteiger partial charge >= 0.3 is 8.69 Å². The smallest absolute Gasteiger partial charge is 0.395 e. The summed E-state index contributed by atoms with van der Waals surface area (Å²) in [6.45, 7) is 2.46. The van der Waals surface area contributed by atoms with Crippen LogP contribution in [0.4, 0.5) is 0 Å². The van der Waals surface area contributed by atoms with Crippen LogP contribution in [0.2, 0.25) is 0 Å². The van der Waals surface area contributed by atoms with Crippen molar-refractivity contribution in [2.75, 3.05) is 0 Å². The monoisotopic (exact) mass is 303 g/mol. The molecule has 0 bridgehead atoms. The van der Waals surface area contributed by atoms with Gasteiger partial charge < -0.3 is 15.0 Å². The van der Waals surface area contributed by atoms with E-state index in [0.717, 1.165) is 17.7 Å². The Labute approximate surface area is 126 Å². The fraction of sp³-hybridized carbons (Fsp3) is 0.250. The first-order chi connectivity index (χ1) is 10.2. The molecule has 0 saturated heterocycles. The van der Waals surface area contributed by atoms with E-state index in [-0.39, 0.29) is 14.7 Å². The Balaban J connectivity index is 1.88. The van der Waals surface area contributed by atoms with Gasteiger partial charge in [0.05, 0.1) is 0 Å². The molecule has 2 aromatic rings. The van der Waals surface area contributed by atoms with Gasteiger partial charge in [-0.2, -0.15) is 0 Å². The molecule has 21 heavy (non-hydrogen) atoms. The summed E-state index contributed by atoms with van der Waals surface area (Å²) >= 11 is 0. The molecule has 1 unspecified atom stereocenters. The third kappa shape index (κ3) is 5.18. The number of ether oxygens (including phenoxy) is 1. The summed E-state index contributed by atoms with van der Waals surface area (Å²) in [5.74, 6) is 1.39. The van der Waals surface area contributed by atoms with Gasteiger partial charge in [-0.1, -0.05) is 24.3 Å². The first-order valence-corrected chi connectivity index (χ1v) is 7.46. The van der Waals surface area contributed by atoms with Crippen molar-refractivity contribution in [2.45, 2.75) is 26.0 Å². The van der Waals surface area contributed by atoms with Gasteiger partial charge in [0.25, 0.3) is 0 Å². The average Bonchev–Trinajstić information content (AvgIpc) is 2.48. The first kappa shape index (κ1) is 15.5. The topological polar surface area (TPSA) is 61.6 Å². The Hall–Kier alpha value is -1.90. The molecule has 0 amide bonds. The summed E-state index contributed by atoms with van der Waals surface area (Å²) in [7, 11) is -0.349. The van der Waals surface area contributed by atoms with Crippen LogP contribution in [0, 0.1) is 0 Å². The van der Waals surface area contributed by atoms with Crippen LogP contribution in [0.3, 0.4) is 0 Å². The molecule has 4 nitrogen and oxygen atoms in total. The van der Waals surface area contributed by atoms with Crippen molar-refractivity contribution in [1.29, 1.82) is 0 Å². The Kier molecular flexibility index (Phi) is 5.73. The molecule has 110 valence electrons. The maximum atomic E-state index is 10.3. The van der Waals surface area contributed by atoms with E-state index in [4.69, 9.17) is 15.0 Å². The molecule has 1 atom stereocenters.